The lowest BCUT2D eigenvalue weighted by molar-refractivity contribution is -0.140. The number of nitrogens with one attached hydrogen (secondary N) is 20. The van der Waals surface area contributed by atoms with E-state index in [0.717, 1.165) is 0 Å². The first-order valence-electron chi connectivity index (χ1n) is 46.8. The number of hydrogen-bond donors (Lipinski definition) is 27. The van der Waals surface area contributed by atoms with Gasteiger partial charge in [0.05, 0.1) is 6.10 Å². The predicted molar refractivity (Wildman–Crippen MR) is 509 cm³/mol. The van der Waals surface area contributed by atoms with Gasteiger partial charge in [-0.2, -0.15) is 0 Å². The number of carbonyl (C=O) groups is 18. The van der Waals surface area contributed by atoms with Crippen LogP contribution in [0.3, 0.4) is 0 Å². The Morgan fingerprint density at radius 1 is 0.504 bits per heavy atom. The number of aliphatic hydroxyl groups excluding tert-OH is 1. The Kier molecular flexibility index (Phi) is 52.0. The quantitative estimate of drug-likeness (QED) is 0.0143. The zero-order chi connectivity index (χ0) is 103. The summed E-state index contributed by atoms with van der Waals surface area (Å²) in [6.07, 6.45) is 1.69. The summed E-state index contributed by atoms with van der Waals surface area (Å²) < 4.78 is 0. The van der Waals surface area contributed by atoms with E-state index in [2.05, 4.69) is 95.7 Å². The summed E-state index contributed by atoms with van der Waals surface area (Å²) in [6.45, 7) is 19.6. The molecular weight excluding hydrogens is 1780 g/mol. The fourth-order valence-corrected chi connectivity index (χ4v) is 14.6. The van der Waals surface area contributed by atoms with Crippen molar-refractivity contribution in [2.24, 2.45) is 40.7 Å². The number of guanidine groups is 2. The normalized spacial score (nSPS) is 19.4. The summed E-state index contributed by atoms with van der Waals surface area (Å²) >= 11 is 0. The Balaban J connectivity index is 2.11. The van der Waals surface area contributed by atoms with Crippen LogP contribution < -0.4 is 119 Å². The number of hydrogen-bond acceptors (Lipinski definition) is 23. The molecule has 137 heavy (non-hydrogen) atoms. The molecule has 1 aliphatic heterocycles. The van der Waals surface area contributed by atoms with Crippen LogP contribution in [0.1, 0.15) is 230 Å². The van der Waals surface area contributed by atoms with Crippen LogP contribution in [0.5, 0.6) is 5.75 Å². The molecule has 0 fully saturated rings. The van der Waals surface area contributed by atoms with Gasteiger partial charge in [0.15, 0.2) is 11.9 Å². The lowest BCUT2D eigenvalue weighted by Crippen LogP contribution is -2.66. The van der Waals surface area contributed by atoms with Crippen molar-refractivity contribution in [3.8, 4) is 5.75 Å². The van der Waals surface area contributed by atoms with Crippen LogP contribution in [0, 0.1) is 28.6 Å². The van der Waals surface area contributed by atoms with Crippen molar-refractivity contribution in [1.29, 1.82) is 10.8 Å². The van der Waals surface area contributed by atoms with Crippen molar-refractivity contribution >= 4 is 118 Å². The molecule has 0 radical (unpaired) electrons. The maximum atomic E-state index is 15.4. The molecule has 1 heterocycles. The smallest absolute Gasteiger partial charge is 0.303 e. The van der Waals surface area contributed by atoms with Gasteiger partial charge in [0.25, 0.3) is 0 Å². The maximum absolute atomic E-state index is 15.4. The number of phenolic OH excluding ortho intramolecular Hbond substituents is 1. The first-order valence-corrected chi connectivity index (χ1v) is 46.8. The third-order valence-electron chi connectivity index (χ3n) is 22.7. The van der Waals surface area contributed by atoms with E-state index in [0.29, 0.717) is 36.8 Å². The largest absolute Gasteiger partial charge is 0.508 e. The van der Waals surface area contributed by atoms with Crippen LogP contribution in [0.2, 0.25) is 0 Å². The van der Waals surface area contributed by atoms with Crippen LogP contribution >= 0.6 is 0 Å². The van der Waals surface area contributed by atoms with E-state index in [-0.39, 0.29) is 146 Å². The number of nitrogens with two attached hydrogens (primary N) is 4. The van der Waals surface area contributed by atoms with Gasteiger partial charge in [-0.1, -0.05) is 116 Å². The van der Waals surface area contributed by atoms with Crippen LogP contribution in [-0.4, -0.2) is 256 Å². The average Bonchev–Trinajstić information content (AvgIpc) is 0.824. The van der Waals surface area contributed by atoms with Crippen molar-refractivity contribution in [3.63, 3.8) is 0 Å². The summed E-state index contributed by atoms with van der Waals surface area (Å²) in [6, 6.07) is -4.89. The zero-order valence-corrected chi connectivity index (χ0v) is 81.1. The number of aromatic hydroxyl groups is 1. The highest BCUT2D eigenvalue weighted by molar-refractivity contribution is 6.02. The van der Waals surface area contributed by atoms with Gasteiger partial charge in [0.2, 0.25) is 100 Å². The molecule has 0 aliphatic carbocycles. The number of allylic oxidation sites excluding steroid dienone is 2. The van der Waals surface area contributed by atoms with Gasteiger partial charge in [0.1, 0.15) is 95.4 Å². The Hall–Kier alpha value is -13.1. The number of primary amides is 1. The fourth-order valence-electron chi connectivity index (χ4n) is 14.6. The average molecular weight is 1930 g/mol. The Morgan fingerprint density at radius 2 is 0.978 bits per heavy atom. The van der Waals surface area contributed by atoms with Crippen LogP contribution in [0.25, 0.3) is 0 Å². The number of carboxylic acids is 1. The third-order valence-corrected chi connectivity index (χ3v) is 22.7. The van der Waals surface area contributed by atoms with Crippen LogP contribution in [0.15, 0.2) is 66.7 Å². The van der Waals surface area contributed by atoms with Gasteiger partial charge in [-0.25, -0.2) is 0 Å². The molecule has 17 amide bonds. The van der Waals surface area contributed by atoms with Crippen LogP contribution in [0.4, 0.5) is 0 Å². The highest BCUT2D eigenvalue weighted by Gasteiger charge is 2.44. The summed E-state index contributed by atoms with van der Waals surface area (Å²) in [5.41, 5.74) is 19.6. The maximum Gasteiger partial charge on any atom is 0.303 e. The molecule has 3 rings (SSSR count). The number of phenols is 1. The minimum Gasteiger partial charge on any atom is -0.508 e. The molecule has 45 heteroatoms. The highest BCUT2D eigenvalue weighted by atomic mass is 16.4. The molecule has 0 unspecified atom stereocenters. The van der Waals surface area contributed by atoms with Gasteiger partial charge in [-0.05, 0) is 185 Å². The van der Waals surface area contributed by atoms with Crippen molar-refractivity contribution in [1.82, 2.24) is 95.7 Å². The van der Waals surface area contributed by atoms with E-state index in [1.54, 1.807) is 70.2 Å². The Morgan fingerprint density at radius 3 is 1.47 bits per heavy atom. The zero-order valence-electron chi connectivity index (χ0n) is 81.1. The number of carboxylic acid groups (broad SMARTS) is 1. The number of rotatable bonds is 52. The van der Waals surface area contributed by atoms with Crippen LogP contribution in [-0.2, 0) is 99.1 Å². The number of carbonyl (C=O) groups excluding carboxylic acids is 17. The van der Waals surface area contributed by atoms with E-state index < -0.39 is 233 Å². The first-order chi connectivity index (χ1) is 64.4. The molecule has 0 saturated heterocycles. The first kappa shape index (κ1) is 118. The monoisotopic (exact) mass is 1930 g/mol. The number of amides is 17. The van der Waals surface area contributed by atoms with E-state index in [1.165, 1.54) is 79.7 Å². The molecule has 0 spiro atoms. The number of benzene rings is 2. The summed E-state index contributed by atoms with van der Waals surface area (Å²) in [7, 11) is 0. The molecule has 2 aromatic rings. The highest BCUT2D eigenvalue weighted by Crippen LogP contribution is 2.23. The van der Waals surface area contributed by atoms with Gasteiger partial charge in [-0.3, -0.25) is 97.1 Å². The van der Waals surface area contributed by atoms with Crippen molar-refractivity contribution < 1.29 is 102 Å². The molecule has 1 aliphatic rings. The SMILES string of the molecule is CCCC[C@H](NC(=O)[C@H](CCC(=O)O)NC(=O)[C@H](CCCNC(=N)N)NC(=O)[C@H](Cc1ccc(O)cc1)NC(=O)[C@]1(C)CCC/C=C\CCC[C@](C)(NC(=O)[C@H](CCCNC(=N)N)NC(=O)[C@H](C)NC(=O)[C@@H](NC(=O)[C@H](CCCCN)NC(=O)[C@H](Cc2ccccc2)NC(=O)CCNC(C)=O)C(C)C)C(=O)N[C@@H]([C@@H](C)O)C(=O)N[C@@H](C(C)C)C(=O)N[C@@H](C)C(=O)N1)C(=O)N[C@@H](CC(C)C)C(N)=O. The second-order valence-corrected chi connectivity index (χ2v) is 36.2. The minimum absolute atomic E-state index is 0.0000628. The molecule has 2 aromatic carbocycles. The Bertz CT molecular complexity index is 4430. The third kappa shape index (κ3) is 44.1. The molecule has 764 valence electrons. The summed E-state index contributed by atoms with van der Waals surface area (Å²) in [4.78, 5) is 254. The second kappa shape index (κ2) is 60.4. The van der Waals surface area contributed by atoms with E-state index in [1.807, 2.05) is 6.92 Å². The molecule has 45 nitrogen and oxygen atoms in total. The predicted octanol–water partition coefficient (Wildman–Crippen LogP) is -2.36. The van der Waals surface area contributed by atoms with Gasteiger partial charge < -0.3 is 134 Å². The fraction of sp³-hybridized carbons (Fsp3) is 0.630. The van der Waals surface area contributed by atoms with Gasteiger partial charge >= 0.3 is 5.97 Å². The molecule has 0 aromatic heterocycles. The van der Waals surface area contributed by atoms with Gasteiger partial charge in [0, 0.05) is 52.2 Å². The van der Waals surface area contributed by atoms with E-state index in [4.69, 9.17) is 33.8 Å². The van der Waals surface area contributed by atoms with Crippen molar-refractivity contribution in [3.05, 3.63) is 77.9 Å². The van der Waals surface area contributed by atoms with Crippen molar-refractivity contribution in [2.45, 2.75) is 327 Å². The summed E-state index contributed by atoms with van der Waals surface area (Å²) in [5, 5.41) is 94.4. The number of unbranched alkanes of at least 4 members (excludes halogenated alkanes) is 2. The van der Waals surface area contributed by atoms with E-state index >= 15 is 19.2 Å². The summed E-state index contributed by atoms with van der Waals surface area (Å²) in [5.74, 6) is -18.9. The number of aliphatic carboxylic acids is 1. The minimum atomic E-state index is -2.03. The van der Waals surface area contributed by atoms with Crippen molar-refractivity contribution in [2.75, 3.05) is 26.2 Å². The standard InChI is InChI=1S/C92H150N24O21/c1-14-15-31-61(78(127)110-66(74(94)123)48-51(2)3)106-79(128)65(39-40-70(121)122)109-77(126)63(33-27-45-100-89(95)96)108-82(131)68(50-59-35-37-60(119)38-36-59)111-87(136)91(12)42-24-18-16-17-19-25-43-92(13,88(137)114-73(56(10)117)86(135)113-72(53(6)7)85(134)103-55(9)76(125)115-91)116-83(132)64(34-28-46-101-90(97)98)105-75(124)54(8)102-84(133)71(52(4)5)112-80(129)62(32-23-26-44-93)107-81(130)67(49-58-29-21-20-22-30-58)104-69(120)41-47-99-57(11)118/h16-17,20-22,29-30,35-38,51-56,61-68,71-73,117,119H,14-15,18-19,23-28,31-34,39-50,93H2,1-13H3,(H2,94,123)(H,99,118)(H,102,133)(H,103,134)(H,104,120)(H,105,124)(H,106,128)(H,107,130)(H,108,131)(H,109,126)(H,110,127)(H,111,136)(H,112,129)(H,113,135)(H,114,137)(H,115,125)(H,116,132)(H,121,122)(H4,95,96,100)(H4,97,98,101)/b17-16-/t54-,55-,56+,61-,62-,63-,64-,65-,66-,67-,68-,71-,72-,73-,91-,92-/m0/s1. The Labute approximate surface area is 800 Å². The molecule has 0 bridgehead atoms. The molecule has 0 saturated carbocycles. The van der Waals surface area contributed by atoms with E-state index in [9.17, 15) is 82.4 Å². The lowest BCUT2D eigenvalue weighted by atomic mass is 9.91. The molecule has 31 N–H and O–H groups in total. The second-order valence-electron chi connectivity index (χ2n) is 36.2. The topological polar surface area (TPSA) is 736 Å². The molecular formula is C92H150N24O21. The molecule has 16 atom stereocenters. The van der Waals surface area contributed by atoms with Gasteiger partial charge in [-0.15, -0.1) is 0 Å². The number of aliphatic hydroxyl groups is 1. The lowest BCUT2D eigenvalue weighted by Gasteiger charge is -2.34.